The van der Waals surface area contributed by atoms with E-state index in [-0.39, 0.29) is 34.5 Å². The first-order chi connectivity index (χ1) is 16.0. The quantitative estimate of drug-likeness (QED) is 0.505. The Morgan fingerprint density at radius 2 is 1.79 bits per heavy atom. The van der Waals surface area contributed by atoms with Gasteiger partial charge in [-0.1, -0.05) is 27.2 Å². The fraction of sp³-hybridized carbons (Fsp3) is 0.931. The minimum absolute atomic E-state index is 0.0158. The van der Waals surface area contributed by atoms with Crippen molar-refractivity contribution in [3.8, 4) is 0 Å². The molecule has 0 radical (unpaired) electrons. The van der Waals surface area contributed by atoms with E-state index in [1.165, 1.54) is 12.8 Å². The van der Waals surface area contributed by atoms with Gasteiger partial charge >= 0.3 is 11.9 Å². The third-order valence-corrected chi connectivity index (χ3v) is 12.5. The molecule has 7 rings (SSSR count). The zero-order valence-corrected chi connectivity index (χ0v) is 22.0. The van der Waals surface area contributed by atoms with Crippen LogP contribution in [0.15, 0.2) is 0 Å². The summed E-state index contributed by atoms with van der Waals surface area (Å²) in [7, 11) is 1.56. The number of fused-ring (bicyclic) bond motifs is 1. The lowest BCUT2D eigenvalue weighted by atomic mass is 9.30. The van der Waals surface area contributed by atoms with Crippen LogP contribution in [0, 0.1) is 51.8 Å². The molecule has 1 aliphatic heterocycles. The normalized spacial score (nSPS) is 54.9. The van der Waals surface area contributed by atoms with Crippen LogP contribution in [-0.4, -0.2) is 36.9 Å². The Morgan fingerprint density at radius 1 is 1.03 bits per heavy atom. The fourth-order valence-corrected chi connectivity index (χ4v) is 11.6. The molecular formula is C29H44O5. The maximum atomic E-state index is 13.1. The van der Waals surface area contributed by atoms with Crippen LogP contribution in [0.1, 0.15) is 92.4 Å². The van der Waals surface area contributed by atoms with Gasteiger partial charge in [0.25, 0.3) is 0 Å². The largest absolute Gasteiger partial charge is 0.469 e. The highest BCUT2D eigenvalue weighted by atomic mass is 16.5. The summed E-state index contributed by atoms with van der Waals surface area (Å²) in [6, 6.07) is 0. The van der Waals surface area contributed by atoms with Crippen molar-refractivity contribution in [3.63, 3.8) is 0 Å². The van der Waals surface area contributed by atoms with Crippen molar-refractivity contribution in [2.45, 2.75) is 110 Å². The molecule has 1 spiro atoms. The highest BCUT2D eigenvalue weighted by Gasteiger charge is 2.79. The van der Waals surface area contributed by atoms with Crippen molar-refractivity contribution in [3.05, 3.63) is 0 Å². The average molecular weight is 473 g/mol. The lowest BCUT2D eigenvalue weighted by molar-refractivity contribution is -0.269. The van der Waals surface area contributed by atoms with Crippen molar-refractivity contribution in [2.24, 2.45) is 51.8 Å². The van der Waals surface area contributed by atoms with Crippen molar-refractivity contribution in [1.82, 2.24) is 0 Å². The van der Waals surface area contributed by atoms with Crippen LogP contribution in [0.3, 0.4) is 0 Å². The minimum atomic E-state index is -0.393. The van der Waals surface area contributed by atoms with Crippen LogP contribution in [-0.2, 0) is 23.8 Å². The molecule has 4 bridgehead atoms. The third kappa shape index (κ3) is 2.61. The van der Waals surface area contributed by atoms with Crippen LogP contribution in [0.25, 0.3) is 0 Å². The number of carbonyl (C=O) groups excluding carboxylic acids is 2. The molecule has 0 aromatic heterocycles. The van der Waals surface area contributed by atoms with E-state index >= 15 is 0 Å². The SMILES string of the molecule is COC(=O)[C@]1(C)CCC[C@]2(C)[C@H]3C[C@@H]4[C@@H]5[C@H]6[C@H](OC(C)=O)CC[C@@H]5OC4(C(C)C)C[C@]63CC[C@H]21. The van der Waals surface area contributed by atoms with Crippen molar-refractivity contribution in [2.75, 3.05) is 7.11 Å². The first-order valence-electron chi connectivity index (χ1n) is 14.0. The van der Waals surface area contributed by atoms with E-state index in [0.717, 1.165) is 44.9 Å². The van der Waals surface area contributed by atoms with Gasteiger partial charge in [-0.05, 0) is 98.7 Å². The Labute approximate surface area is 205 Å². The Balaban J connectivity index is 1.47. The summed E-state index contributed by atoms with van der Waals surface area (Å²) in [5, 5.41) is 0. The average Bonchev–Trinajstić information content (AvgIpc) is 3.08. The molecule has 190 valence electrons. The molecule has 5 heteroatoms. The topological polar surface area (TPSA) is 61.8 Å². The fourth-order valence-electron chi connectivity index (χ4n) is 11.6. The standard InChI is InChI=1S/C29H44O5/c1-16(2)29-15-28-13-10-21-26(4,11-7-12-27(21,5)25(31)32-6)22(28)14-18(29)23-19(34-29)8-9-20(24(23)28)33-17(3)30/h16,18-24H,7-15H2,1-6H3/t18-,19+,20-,21-,22-,23+,24-,26+,27-,28+,29?/m1/s1. The molecule has 0 N–H and O–H groups in total. The van der Waals surface area contributed by atoms with E-state index in [1.807, 2.05) is 0 Å². The van der Waals surface area contributed by atoms with E-state index in [4.69, 9.17) is 14.2 Å². The minimum Gasteiger partial charge on any atom is -0.469 e. The molecular weight excluding hydrogens is 428 g/mol. The van der Waals surface area contributed by atoms with E-state index < -0.39 is 5.41 Å². The number of ether oxygens (including phenoxy) is 3. The summed E-state index contributed by atoms with van der Waals surface area (Å²) >= 11 is 0. The molecule has 0 aromatic rings. The van der Waals surface area contributed by atoms with Gasteiger partial charge in [-0.2, -0.15) is 0 Å². The molecule has 6 saturated carbocycles. The number of carbonyl (C=O) groups is 2. The van der Waals surface area contributed by atoms with Gasteiger partial charge in [0.1, 0.15) is 6.10 Å². The predicted octanol–water partition coefficient (Wildman–Crippen LogP) is 5.54. The van der Waals surface area contributed by atoms with Crippen molar-refractivity contribution in [1.29, 1.82) is 0 Å². The highest BCUT2D eigenvalue weighted by molar-refractivity contribution is 5.77. The summed E-state index contributed by atoms with van der Waals surface area (Å²) in [6.07, 6.45) is 10.0. The van der Waals surface area contributed by atoms with E-state index in [1.54, 1.807) is 14.0 Å². The van der Waals surface area contributed by atoms with Gasteiger partial charge in [0.05, 0.1) is 24.2 Å². The second-order valence-corrected chi connectivity index (χ2v) is 13.8. The van der Waals surface area contributed by atoms with Gasteiger partial charge in [-0.3, -0.25) is 9.59 Å². The lowest BCUT2D eigenvalue weighted by Crippen LogP contribution is -2.71. The number of hydrogen-bond acceptors (Lipinski definition) is 5. The van der Waals surface area contributed by atoms with Crippen LogP contribution in [0.2, 0.25) is 0 Å². The zero-order valence-electron chi connectivity index (χ0n) is 22.0. The van der Waals surface area contributed by atoms with Crippen LogP contribution in [0.5, 0.6) is 0 Å². The highest BCUT2D eigenvalue weighted by Crippen LogP contribution is 2.80. The maximum absolute atomic E-state index is 13.1. The van der Waals surface area contributed by atoms with Gasteiger partial charge in [0.15, 0.2) is 0 Å². The van der Waals surface area contributed by atoms with Gasteiger partial charge < -0.3 is 14.2 Å². The third-order valence-electron chi connectivity index (χ3n) is 12.5. The lowest BCUT2D eigenvalue weighted by Gasteiger charge is -2.73. The smallest absolute Gasteiger partial charge is 0.311 e. The first kappa shape index (κ1) is 23.3. The molecule has 0 aromatic carbocycles. The van der Waals surface area contributed by atoms with Gasteiger partial charge in [-0.15, -0.1) is 0 Å². The summed E-state index contributed by atoms with van der Waals surface area (Å²) in [6.45, 7) is 11.0. The predicted molar refractivity (Wildman–Crippen MR) is 128 cm³/mol. The van der Waals surface area contributed by atoms with E-state index in [0.29, 0.717) is 41.6 Å². The van der Waals surface area contributed by atoms with Gasteiger partial charge in [0.2, 0.25) is 0 Å². The van der Waals surface area contributed by atoms with Crippen LogP contribution in [0.4, 0.5) is 0 Å². The first-order valence-corrected chi connectivity index (χ1v) is 14.0. The number of esters is 2. The molecule has 1 unspecified atom stereocenters. The molecule has 6 aliphatic carbocycles. The van der Waals surface area contributed by atoms with Crippen molar-refractivity contribution < 1.29 is 23.8 Å². The van der Waals surface area contributed by atoms with Crippen molar-refractivity contribution >= 4 is 11.9 Å². The Kier molecular flexibility index (Phi) is 4.96. The van der Waals surface area contributed by atoms with Gasteiger partial charge in [-0.25, -0.2) is 0 Å². The van der Waals surface area contributed by atoms with E-state index in [9.17, 15) is 9.59 Å². The number of methoxy groups -OCH3 is 1. The molecule has 1 saturated heterocycles. The second-order valence-electron chi connectivity index (χ2n) is 13.8. The summed E-state index contributed by atoms with van der Waals surface area (Å²) in [4.78, 5) is 25.3. The molecule has 7 fully saturated rings. The van der Waals surface area contributed by atoms with Crippen LogP contribution < -0.4 is 0 Å². The molecule has 0 amide bonds. The summed E-state index contributed by atoms with van der Waals surface area (Å²) < 4.78 is 18.6. The molecule has 34 heavy (non-hydrogen) atoms. The molecule has 5 nitrogen and oxygen atoms in total. The Morgan fingerprint density at radius 3 is 2.47 bits per heavy atom. The molecule has 1 heterocycles. The zero-order chi connectivity index (χ0) is 24.3. The van der Waals surface area contributed by atoms with E-state index in [2.05, 4.69) is 27.7 Å². The summed E-state index contributed by atoms with van der Waals surface area (Å²) in [5.74, 6) is 2.70. The number of hydrogen-bond donors (Lipinski definition) is 0. The molecule has 7 aliphatic rings. The summed E-state index contributed by atoms with van der Waals surface area (Å²) in [5.41, 5.74) is -0.172. The Bertz CT molecular complexity index is 899. The second kappa shape index (κ2) is 7.23. The van der Waals surface area contributed by atoms with Crippen LogP contribution >= 0.6 is 0 Å². The van der Waals surface area contributed by atoms with Gasteiger partial charge in [0, 0.05) is 12.8 Å². The maximum Gasteiger partial charge on any atom is 0.311 e. The number of rotatable bonds is 3. The Hall–Kier alpha value is -1.10. The monoisotopic (exact) mass is 472 g/mol. The molecule has 11 atom stereocenters.